The minimum atomic E-state index is -0.637. The lowest BCUT2D eigenvalue weighted by molar-refractivity contribution is -0.155. The fourth-order valence-corrected chi connectivity index (χ4v) is 2.08. The number of carbonyl (C=O) groups excluding carboxylic acids is 2. The van der Waals surface area contributed by atoms with E-state index in [1.54, 1.807) is 6.92 Å². The molecule has 2 unspecified atom stereocenters. The predicted octanol–water partition coefficient (Wildman–Crippen LogP) is 1.27. The van der Waals surface area contributed by atoms with Crippen molar-refractivity contribution in [2.24, 2.45) is 5.41 Å². The summed E-state index contributed by atoms with van der Waals surface area (Å²) in [6.07, 6.45) is 0.666. The second-order valence-corrected chi connectivity index (χ2v) is 4.43. The normalized spacial score (nSPS) is 29.5. The molecular weight excluding hydrogens is 252 g/mol. The molecule has 5 heteroatoms. The number of carbonyl (C=O) groups is 2. The molecule has 1 rings (SSSR count). The number of rotatable bonds is 4. The van der Waals surface area contributed by atoms with E-state index in [9.17, 15) is 9.59 Å². The SMILES string of the molecule is CCOC(=O)C1(COC(C)=O)CC1Br. The topological polar surface area (TPSA) is 52.6 Å². The van der Waals surface area contributed by atoms with Crippen molar-refractivity contribution in [3.63, 3.8) is 0 Å². The monoisotopic (exact) mass is 264 g/mol. The minimum absolute atomic E-state index is 0.0633. The van der Waals surface area contributed by atoms with E-state index in [4.69, 9.17) is 9.47 Å². The van der Waals surface area contributed by atoms with Gasteiger partial charge in [0.1, 0.15) is 12.0 Å². The van der Waals surface area contributed by atoms with Gasteiger partial charge in [-0.25, -0.2) is 0 Å². The van der Waals surface area contributed by atoms with Gasteiger partial charge in [0.15, 0.2) is 0 Å². The van der Waals surface area contributed by atoms with Crippen LogP contribution in [0, 0.1) is 5.41 Å². The van der Waals surface area contributed by atoms with Gasteiger partial charge < -0.3 is 9.47 Å². The van der Waals surface area contributed by atoms with Crippen LogP contribution in [-0.2, 0) is 19.1 Å². The molecule has 0 heterocycles. The van der Waals surface area contributed by atoms with Crippen LogP contribution in [-0.4, -0.2) is 30.0 Å². The Bertz CT molecular complexity index is 253. The van der Waals surface area contributed by atoms with Crippen molar-refractivity contribution in [2.45, 2.75) is 25.1 Å². The Kier molecular flexibility index (Phi) is 3.53. The van der Waals surface area contributed by atoms with Gasteiger partial charge >= 0.3 is 11.9 Å². The number of halogens is 1. The Balaban J connectivity index is 2.51. The summed E-state index contributed by atoms with van der Waals surface area (Å²) in [5.74, 6) is -0.664. The first-order chi connectivity index (χ1) is 6.53. The lowest BCUT2D eigenvalue weighted by Crippen LogP contribution is -2.27. The van der Waals surface area contributed by atoms with Gasteiger partial charge in [-0.05, 0) is 13.3 Å². The van der Waals surface area contributed by atoms with E-state index < -0.39 is 5.41 Å². The summed E-state index contributed by atoms with van der Waals surface area (Å²) in [5.41, 5.74) is -0.637. The average Bonchev–Trinajstić information content (AvgIpc) is 2.75. The smallest absolute Gasteiger partial charge is 0.316 e. The maximum atomic E-state index is 11.5. The highest BCUT2D eigenvalue weighted by molar-refractivity contribution is 9.09. The zero-order valence-electron chi connectivity index (χ0n) is 8.21. The highest BCUT2D eigenvalue weighted by Crippen LogP contribution is 2.52. The molecule has 80 valence electrons. The fourth-order valence-electron chi connectivity index (χ4n) is 1.19. The van der Waals surface area contributed by atoms with Crippen molar-refractivity contribution in [3.05, 3.63) is 0 Å². The summed E-state index contributed by atoms with van der Waals surface area (Å²) in [5, 5.41) is 0. The number of hydrogen-bond acceptors (Lipinski definition) is 4. The second kappa shape index (κ2) is 4.29. The first kappa shape index (κ1) is 11.5. The summed E-state index contributed by atoms with van der Waals surface area (Å²) in [7, 11) is 0. The molecule has 0 aliphatic heterocycles. The summed E-state index contributed by atoms with van der Waals surface area (Å²) in [4.78, 5) is 22.2. The number of ether oxygens (including phenoxy) is 2. The molecule has 0 spiro atoms. The van der Waals surface area contributed by atoms with Crippen LogP contribution in [0.1, 0.15) is 20.3 Å². The molecule has 0 radical (unpaired) electrons. The van der Waals surface area contributed by atoms with Crippen molar-refractivity contribution in [2.75, 3.05) is 13.2 Å². The third-order valence-corrected chi connectivity index (χ3v) is 3.40. The zero-order valence-corrected chi connectivity index (χ0v) is 9.80. The van der Waals surface area contributed by atoms with Gasteiger partial charge in [-0.1, -0.05) is 15.9 Å². The molecule has 0 bridgehead atoms. The van der Waals surface area contributed by atoms with Gasteiger partial charge in [0, 0.05) is 11.8 Å². The van der Waals surface area contributed by atoms with Crippen LogP contribution in [0.4, 0.5) is 0 Å². The Hall–Kier alpha value is -0.580. The fraction of sp³-hybridized carbons (Fsp3) is 0.778. The predicted molar refractivity (Wildman–Crippen MR) is 53.0 cm³/mol. The molecule has 1 aliphatic carbocycles. The summed E-state index contributed by atoms with van der Waals surface area (Å²) < 4.78 is 9.75. The number of alkyl halides is 1. The van der Waals surface area contributed by atoms with Gasteiger partial charge in [0.2, 0.25) is 0 Å². The quantitative estimate of drug-likeness (QED) is 0.567. The van der Waals surface area contributed by atoms with Crippen LogP contribution in [0.15, 0.2) is 0 Å². The van der Waals surface area contributed by atoms with Gasteiger partial charge in [0.25, 0.3) is 0 Å². The maximum absolute atomic E-state index is 11.5. The molecule has 0 amide bonds. The molecule has 2 atom stereocenters. The van der Waals surface area contributed by atoms with E-state index in [1.165, 1.54) is 6.92 Å². The summed E-state index contributed by atoms with van der Waals surface area (Å²) >= 11 is 3.33. The number of esters is 2. The third kappa shape index (κ3) is 2.26. The standard InChI is InChI=1S/C9H13BrO4/c1-3-13-8(12)9(4-7(9)10)5-14-6(2)11/h7H,3-5H2,1-2H3. The first-order valence-electron chi connectivity index (χ1n) is 4.47. The molecular formula is C9H13BrO4. The largest absolute Gasteiger partial charge is 0.465 e. The molecule has 0 aromatic carbocycles. The molecule has 1 saturated carbocycles. The molecule has 14 heavy (non-hydrogen) atoms. The third-order valence-electron chi connectivity index (χ3n) is 2.20. The van der Waals surface area contributed by atoms with Crippen molar-refractivity contribution >= 4 is 27.9 Å². The summed E-state index contributed by atoms with van der Waals surface area (Å²) in [6, 6.07) is 0. The lowest BCUT2D eigenvalue weighted by Gasteiger charge is -2.13. The molecule has 0 saturated heterocycles. The second-order valence-electron chi connectivity index (χ2n) is 3.33. The van der Waals surface area contributed by atoms with E-state index in [-0.39, 0.29) is 23.4 Å². The summed E-state index contributed by atoms with van der Waals surface area (Å²) in [6.45, 7) is 3.53. The Morgan fingerprint density at radius 1 is 1.50 bits per heavy atom. The molecule has 0 aromatic heterocycles. The van der Waals surface area contributed by atoms with E-state index in [2.05, 4.69) is 15.9 Å². The molecule has 4 nitrogen and oxygen atoms in total. The van der Waals surface area contributed by atoms with E-state index in [0.717, 1.165) is 0 Å². The van der Waals surface area contributed by atoms with E-state index in [1.807, 2.05) is 0 Å². The van der Waals surface area contributed by atoms with Crippen LogP contribution < -0.4 is 0 Å². The molecule has 0 aromatic rings. The van der Waals surface area contributed by atoms with Crippen molar-refractivity contribution in [3.8, 4) is 0 Å². The van der Waals surface area contributed by atoms with Crippen LogP contribution in [0.5, 0.6) is 0 Å². The Morgan fingerprint density at radius 3 is 2.43 bits per heavy atom. The van der Waals surface area contributed by atoms with Crippen molar-refractivity contribution < 1.29 is 19.1 Å². The van der Waals surface area contributed by atoms with Crippen LogP contribution in [0.2, 0.25) is 0 Å². The van der Waals surface area contributed by atoms with Crippen LogP contribution >= 0.6 is 15.9 Å². The van der Waals surface area contributed by atoms with Crippen molar-refractivity contribution in [1.82, 2.24) is 0 Å². The molecule has 1 aliphatic rings. The van der Waals surface area contributed by atoms with Gasteiger partial charge in [-0.3, -0.25) is 9.59 Å². The van der Waals surface area contributed by atoms with E-state index >= 15 is 0 Å². The van der Waals surface area contributed by atoms with E-state index in [0.29, 0.717) is 13.0 Å². The molecule has 0 N–H and O–H groups in total. The number of hydrogen-bond donors (Lipinski definition) is 0. The lowest BCUT2D eigenvalue weighted by atomic mass is 10.1. The molecule has 1 fully saturated rings. The average molecular weight is 265 g/mol. The highest BCUT2D eigenvalue weighted by Gasteiger charge is 2.61. The zero-order chi connectivity index (χ0) is 10.8. The first-order valence-corrected chi connectivity index (χ1v) is 5.39. The van der Waals surface area contributed by atoms with Crippen LogP contribution in [0.25, 0.3) is 0 Å². The van der Waals surface area contributed by atoms with Crippen molar-refractivity contribution in [1.29, 1.82) is 0 Å². The van der Waals surface area contributed by atoms with Gasteiger partial charge in [0.05, 0.1) is 6.61 Å². The van der Waals surface area contributed by atoms with Gasteiger partial charge in [-0.15, -0.1) is 0 Å². The maximum Gasteiger partial charge on any atom is 0.316 e. The Labute approximate surface area is 91.1 Å². The minimum Gasteiger partial charge on any atom is -0.465 e. The van der Waals surface area contributed by atoms with Gasteiger partial charge in [-0.2, -0.15) is 0 Å². The Morgan fingerprint density at radius 2 is 2.07 bits per heavy atom. The highest BCUT2D eigenvalue weighted by atomic mass is 79.9. The van der Waals surface area contributed by atoms with Crippen LogP contribution in [0.3, 0.4) is 0 Å².